The molecule has 0 radical (unpaired) electrons. The van der Waals surface area contributed by atoms with Gasteiger partial charge in [0.05, 0.1) is 13.7 Å². The summed E-state index contributed by atoms with van der Waals surface area (Å²) < 4.78 is 20.2. The van der Waals surface area contributed by atoms with Gasteiger partial charge in [0.25, 0.3) is 5.91 Å². The number of nitrogens with one attached hydrogen (secondary N) is 1. The average molecular weight is 696 g/mol. The van der Waals surface area contributed by atoms with Crippen molar-refractivity contribution in [1.82, 2.24) is 5.32 Å². The largest absolute Gasteiger partial charge is 0.493 e. The fourth-order valence-corrected chi connectivity index (χ4v) is 6.58. The summed E-state index contributed by atoms with van der Waals surface area (Å²) in [6.07, 6.45) is 33.4. The summed E-state index contributed by atoms with van der Waals surface area (Å²) in [5.41, 5.74) is 1.04. The first-order chi connectivity index (χ1) is 24.6. The molecular weight excluding hydrogens is 620 g/mol. The van der Waals surface area contributed by atoms with Crippen LogP contribution >= 0.6 is 0 Å². The summed E-state index contributed by atoms with van der Waals surface area (Å²) in [6.45, 7) is 5.69. The zero-order valence-electron chi connectivity index (χ0n) is 32.8. The van der Waals surface area contributed by atoms with Crippen molar-refractivity contribution in [2.75, 3.05) is 13.7 Å². The molecule has 1 aromatic heterocycles. The van der Waals surface area contributed by atoms with E-state index in [1.54, 1.807) is 7.11 Å². The van der Waals surface area contributed by atoms with Crippen molar-refractivity contribution < 1.29 is 23.6 Å². The lowest BCUT2D eigenvalue weighted by molar-refractivity contribution is -0.679. The molecule has 1 aromatic carbocycles. The lowest BCUT2D eigenvalue weighted by Gasteiger charge is -2.20. The number of benzene rings is 1. The second kappa shape index (κ2) is 29.9. The fourth-order valence-electron chi connectivity index (χ4n) is 6.58. The van der Waals surface area contributed by atoms with Crippen molar-refractivity contribution >= 4 is 5.91 Å². The Bertz CT molecular complexity index is 1110. The number of nitrogens with zero attached hydrogens (tertiary/aromatic N) is 1. The number of methoxy groups -OCH3 is 1. The molecule has 2 aromatic rings. The number of aryl methyl sites for hydroxylation is 1. The molecule has 6 heteroatoms. The third-order valence-electron chi connectivity index (χ3n) is 9.89. The van der Waals surface area contributed by atoms with E-state index >= 15 is 0 Å². The van der Waals surface area contributed by atoms with Crippen LogP contribution < -0.4 is 24.1 Å². The van der Waals surface area contributed by atoms with Gasteiger partial charge in [0.15, 0.2) is 29.5 Å². The highest BCUT2D eigenvalue weighted by molar-refractivity contribution is 5.81. The van der Waals surface area contributed by atoms with Gasteiger partial charge >= 0.3 is 0 Å². The fraction of sp³-hybridized carbons (Fsp3) is 0.727. The number of unbranched alkanes of at least 4 members (excludes halogenated alkanes) is 22. The molecule has 0 spiro atoms. The van der Waals surface area contributed by atoms with Crippen LogP contribution in [0.15, 0.2) is 42.6 Å². The van der Waals surface area contributed by atoms with Crippen molar-refractivity contribution in [3.05, 3.63) is 48.3 Å². The third-order valence-corrected chi connectivity index (χ3v) is 9.89. The first-order valence-corrected chi connectivity index (χ1v) is 20.8. The second-order valence-corrected chi connectivity index (χ2v) is 14.4. The maximum absolute atomic E-state index is 13.4. The van der Waals surface area contributed by atoms with E-state index in [0.29, 0.717) is 31.1 Å². The van der Waals surface area contributed by atoms with E-state index in [4.69, 9.17) is 14.2 Å². The average Bonchev–Trinajstić information content (AvgIpc) is 3.13. The first kappa shape index (κ1) is 43.4. The van der Waals surface area contributed by atoms with Gasteiger partial charge in [0.2, 0.25) is 0 Å². The zero-order valence-corrected chi connectivity index (χ0v) is 32.8. The van der Waals surface area contributed by atoms with E-state index in [-0.39, 0.29) is 5.91 Å². The van der Waals surface area contributed by atoms with Gasteiger partial charge < -0.3 is 19.5 Å². The lowest BCUT2D eigenvalue weighted by atomic mass is 10.0. The minimum absolute atomic E-state index is 0.0798. The molecule has 0 aliphatic rings. The van der Waals surface area contributed by atoms with Gasteiger partial charge in [-0.1, -0.05) is 161 Å². The standard InChI is InChI=1S/C44H74N2O4/c1-5-7-9-11-13-15-17-18-19-20-21-23-25-27-32-42(44(47)45-38-39-31-28-29-35-46(39)3)50-40-33-34-41(43(37-40)48-4)49-36-30-26-24-22-16-14-12-10-8-6-2/h28-29,31,33-35,37,42H,5-27,30,32,36,38H2,1-4H3/p+1. The number of rotatable bonds is 33. The normalized spacial score (nSPS) is 11.8. The Balaban J connectivity index is 1.78. The van der Waals surface area contributed by atoms with Crippen molar-refractivity contribution in [1.29, 1.82) is 0 Å². The Kier molecular flexibility index (Phi) is 26.0. The van der Waals surface area contributed by atoms with E-state index in [1.165, 1.54) is 135 Å². The molecule has 2 rings (SSSR count). The van der Waals surface area contributed by atoms with Crippen molar-refractivity contribution in [2.24, 2.45) is 7.05 Å². The molecule has 1 amide bonds. The lowest BCUT2D eigenvalue weighted by Crippen LogP contribution is -2.42. The Morgan fingerprint density at radius 2 is 1.18 bits per heavy atom. The van der Waals surface area contributed by atoms with Gasteiger partial charge in [-0.15, -0.1) is 0 Å². The summed E-state index contributed by atoms with van der Waals surface area (Å²) >= 11 is 0. The van der Waals surface area contributed by atoms with E-state index in [0.717, 1.165) is 30.7 Å². The molecule has 50 heavy (non-hydrogen) atoms. The predicted octanol–water partition coefficient (Wildman–Crippen LogP) is 11.8. The zero-order chi connectivity index (χ0) is 35.9. The first-order valence-electron chi connectivity index (χ1n) is 20.8. The van der Waals surface area contributed by atoms with E-state index < -0.39 is 6.10 Å². The van der Waals surface area contributed by atoms with E-state index in [2.05, 4.69) is 19.2 Å². The Hall–Kier alpha value is -2.76. The summed E-state index contributed by atoms with van der Waals surface area (Å²) in [6, 6.07) is 11.7. The minimum Gasteiger partial charge on any atom is -0.493 e. The molecule has 6 nitrogen and oxygen atoms in total. The minimum atomic E-state index is -0.565. The van der Waals surface area contributed by atoms with Crippen LogP contribution in [0.3, 0.4) is 0 Å². The van der Waals surface area contributed by atoms with E-state index in [1.807, 2.05) is 54.2 Å². The summed E-state index contributed by atoms with van der Waals surface area (Å²) in [7, 11) is 3.65. The molecule has 1 unspecified atom stereocenters. The molecule has 0 saturated heterocycles. The van der Waals surface area contributed by atoms with Crippen LogP contribution in [0.2, 0.25) is 0 Å². The molecule has 1 heterocycles. The molecule has 0 bridgehead atoms. The van der Waals surface area contributed by atoms with Gasteiger partial charge in [-0.2, -0.15) is 0 Å². The molecule has 0 aliphatic heterocycles. The Labute approximate surface area is 307 Å². The van der Waals surface area contributed by atoms with E-state index in [9.17, 15) is 4.79 Å². The van der Waals surface area contributed by atoms with Crippen LogP contribution in [-0.2, 0) is 18.4 Å². The molecule has 0 aliphatic carbocycles. The van der Waals surface area contributed by atoms with Crippen LogP contribution in [0.1, 0.15) is 180 Å². The van der Waals surface area contributed by atoms with Crippen LogP contribution in [0, 0.1) is 0 Å². The quantitative estimate of drug-likeness (QED) is 0.0596. The molecule has 0 fully saturated rings. The number of amides is 1. The van der Waals surface area contributed by atoms with Crippen LogP contribution in [0.4, 0.5) is 0 Å². The molecular formula is C44H75N2O4+. The van der Waals surface area contributed by atoms with Crippen molar-refractivity contribution in [3.8, 4) is 17.2 Å². The predicted molar refractivity (Wildman–Crippen MR) is 209 cm³/mol. The van der Waals surface area contributed by atoms with Crippen LogP contribution in [0.25, 0.3) is 0 Å². The highest BCUT2D eigenvalue weighted by Gasteiger charge is 2.22. The van der Waals surface area contributed by atoms with Crippen LogP contribution in [-0.4, -0.2) is 25.7 Å². The smallest absolute Gasteiger partial charge is 0.261 e. The van der Waals surface area contributed by atoms with Gasteiger partial charge in [-0.25, -0.2) is 4.57 Å². The Morgan fingerprint density at radius 1 is 0.660 bits per heavy atom. The number of ether oxygens (including phenoxy) is 3. The van der Waals surface area contributed by atoms with Gasteiger partial charge in [-0.3, -0.25) is 4.79 Å². The second-order valence-electron chi connectivity index (χ2n) is 14.4. The van der Waals surface area contributed by atoms with Gasteiger partial charge in [-0.05, 0) is 31.4 Å². The number of aromatic nitrogens is 1. The van der Waals surface area contributed by atoms with Gasteiger partial charge in [0, 0.05) is 18.2 Å². The number of hydrogen-bond donors (Lipinski definition) is 1. The third kappa shape index (κ3) is 20.8. The summed E-state index contributed by atoms with van der Waals surface area (Å²) in [4.78, 5) is 13.4. The molecule has 1 N–H and O–H groups in total. The topological polar surface area (TPSA) is 60.7 Å². The summed E-state index contributed by atoms with van der Waals surface area (Å²) in [5.74, 6) is 1.91. The highest BCUT2D eigenvalue weighted by Crippen LogP contribution is 2.32. The summed E-state index contributed by atoms with van der Waals surface area (Å²) in [5, 5.41) is 3.12. The maximum Gasteiger partial charge on any atom is 0.261 e. The monoisotopic (exact) mass is 696 g/mol. The molecule has 1 atom stereocenters. The number of pyridine rings is 1. The van der Waals surface area contributed by atoms with Crippen molar-refractivity contribution in [3.63, 3.8) is 0 Å². The van der Waals surface area contributed by atoms with Crippen LogP contribution in [0.5, 0.6) is 17.2 Å². The Morgan fingerprint density at radius 3 is 1.70 bits per heavy atom. The highest BCUT2D eigenvalue weighted by atomic mass is 16.5. The number of carbonyl (C=O) groups is 1. The molecule has 0 saturated carbocycles. The number of hydrogen-bond acceptors (Lipinski definition) is 4. The van der Waals surface area contributed by atoms with Gasteiger partial charge in [0.1, 0.15) is 19.3 Å². The molecule has 284 valence electrons. The van der Waals surface area contributed by atoms with Crippen molar-refractivity contribution in [2.45, 2.75) is 187 Å². The number of carbonyl (C=O) groups excluding carboxylic acids is 1. The maximum atomic E-state index is 13.4. The SMILES string of the molecule is CCCCCCCCCCCCCCCCC(Oc1ccc(OCCCCCCCCCCCC)c(OC)c1)C(=O)NCc1cccc[n+]1C.